The highest BCUT2D eigenvalue weighted by Gasteiger charge is 2.14. The van der Waals surface area contributed by atoms with Crippen LogP contribution < -0.4 is 0 Å². The topological polar surface area (TPSA) is 37.4 Å². The number of nitrogens with zero attached hydrogens (tertiary/aromatic N) is 1. The summed E-state index contributed by atoms with van der Waals surface area (Å²) >= 11 is 0. The van der Waals surface area contributed by atoms with E-state index >= 15 is 0 Å². The molecule has 0 aromatic rings. The molecule has 1 aliphatic heterocycles. The maximum absolute atomic E-state index is 10.6. The third-order valence-electron chi connectivity index (χ3n) is 3.44. The van der Waals surface area contributed by atoms with E-state index in [1.807, 2.05) is 7.05 Å². The largest absolute Gasteiger partial charge is 0.346 e. The molecule has 0 atom stereocenters. The molecule has 0 spiro atoms. The predicted octanol–water partition coefficient (Wildman–Crippen LogP) is 3.95. The molecule has 0 N–H and O–H groups in total. The van der Waals surface area contributed by atoms with Gasteiger partial charge in [-0.3, -0.25) is 4.79 Å². The highest BCUT2D eigenvalue weighted by Crippen LogP contribution is 2.08. The summed E-state index contributed by atoms with van der Waals surface area (Å²) in [6.07, 6.45) is 11.7. The van der Waals surface area contributed by atoms with E-state index in [4.69, 9.17) is 0 Å². The molecule has 0 aromatic heterocycles. The summed E-state index contributed by atoms with van der Waals surface area (Å²) < 4.78 is 0. The van der Waals surface area contributed by atoms with Crippen LogP contribution in [0.25, 0.3) is 0 Å². The molecular weight excluding hydrogens is 238 g/mol. The van der Waals surface area contributed by atoms with Crippen LogP contribution in [0.5, 0.6) is 0 Å². The van der Waals surface area contributed by atoms with Gasteiger partial charge in [0.1, 0.15) is 5.78 Å². The Balaban J connectivity index is 0.000000388. The van der Waals surface area contributed by atoms with Gasteiger partial charge in [-0.05, 0) is 19.8 Å². The van der Waals surface area contributed by atoms with Crippen molar-refractivity contribution in [2.75, 3.05) is 13.6 Å². The van der Waals surface area contributed by atoms with Crippen LogP contribution >= 0.6 is 0 Å². The smallest absolute Gasteiger partial charge is 0.222 e. The Kier molecular flexibility index (Phi) is 11.6. The first kappa shape index (κ1) is 18.1. The van der Waals surface area contributed by atoms with Crippen molar-refractivity contribution in [1.82, 2.24) is 4.90 Å². The summed E-state index contributed by atoms with van der Waals surface area (Å²) in [6, 6.07) is 0. The van der Waals surface area contributed by atoms with Gasteiger partial charge in [0.05, 0.1) is 0 Å². The normalized spacial score (nSPS) is 14.3. The van der Waals surface area contributed by atoms with Gasteiger partial charge in [-0.1, -0.05) is 45.4 Å². The minimum absolute atomic E-state index is 0.292. The SMILES string of the molecule is CCCCCCCCCC(C)=O.CN1CCCC1=O. The van der Waals surface area contributed by atoms with Crippen LogP contribution in [-0.4, -0.2) is 30.2 Å². The molecule has 112 valence electrons. The number of carbonyl (C=O) groups excluding carboxylic acids is 2. The highest BCUT2D eigenvalue weighted by molar-refractivity contribution is 5.77. The van der Waals surface area contributed by atoms with Crippen LogP contribution in [0.2, 0.25) is 0 Å². The predicted molar refractivity (Wildman–Crippen MR) is 80.2 cm³/mol. The van der Waals surface area contributed by atoms with Gasteiger partial charge in [0.2, 0.25) is 5.91 Å². The molecule has 0 unspecified atom stereocenters. The number of carbonyl (C=O) groups is 2. The van der Waals surface area contributed by atoms with Crippen LogP contribution in [0.3, 0.4) is 0 Å². The molecular formula is C16H31NO2. The second kappa shape index (κ2) is 12.2. The van der Waals surface area contributed by atoms with E-state index in [0.717, 1.165) is 32.2 Å². The lowest BCUT2D eigenvalue weighted by Gasteiger charge is -2.03. The molecule has 1 heterocycles. The van der Waals surface area contributed by atoms with E-state index in [1.54, 1.807) is 11.8 Å². The molecule has 3 nitrogen and oxygen atoms in total. The van der Waals surface area contributed by atoms with Gasteiger partial charge in [0.15, 0.2) is 0 Å². The Labute approximate surface area is 118 Å². The molecule has 0 aliphatic carbocycles. The van der Waals surface area contributed by atoms with Gasteiger partial charge in [-0.25, -0.2) is 0 Å². The fraction of sp³-hybridized carbons (Fsp3) is 0.875. The molecule has 1 saturated heterocycles. The third-order valence-corrected chi connectivity index (χ3v) is 3.44. The maximum atomic E-state index is 10.6. The molecule has 1 aliphatic rings. The van der Waals surface area contributed by atoms with Crippen LogP contribution in [0.4, 0.5) is 0 Å². The van der Waals surface area contributed by atoms with Crippen molar-refractivity contribution in [1.29, 1.82) is 0 Å². The van der Waals surface area contributed by atoms with Crippen LogP contribution in [0.15, 0.2) is 0 Å². The zero-order valence-electron chi connectivity index (χ0n) is 13.0. The lowest BCUT2D eigenvalue weighted by atomic mass is 10.1. The van der Waals surface area contributed by atoms with Crippen molar-refractivity contribution in [2.24, 2.45) is 0 Å². The summed E-state index contributed by atoms with van der Waals surface area (Å²) in [5.74, 6) is 0.628. The van der Waals surface area contributed by atoms with Crippen LogP contribution in [-0.2, 0) is 9.59 Å². The number of amides is 1. The van der Waals surface area contributed by atoms with Crippen molar-refractivity contribution in [3.05, 3.63) is 0 Å². The minimum atomic E-state index is 0.292. The van der Waals surface area contributed by atoms with E-state index in [2.05, 4.69) is 6.92 Å². The molecule has 0 radical (unpaired) electrons. The van der Waals surface area contributed by atoms with Gasteiger partial charge in [0, 0.05) is 26.4 Å². The Morgan fingerprint density at radius 2 is 1.68 bits per heavy atom. The fourth-order valence-electron chi connectivity index (χ4n) is 2.11. The van der Waals surface area contributed by atoms with Gasteiger partial charge in [-0.15, -0.1) is 0 Å². The Hall–Kier alpha value is -0.860. The first-order valence-electron chi connectivity index (χ1n) is 7.81. The lowest BCUT2D eigenvalue weighted by Crippen LogP contribution is -2.17. The second-order valence-corrected chi connectivity index (χ2v) is 5.49. The Morgan fingerprint density at radius 1 is 1.11 bits per heavy atom. The number of hydrogen-bond acceptors (Lipinski definition) is 2. The van der Waals surface area contributed by atoms with Gasteiger partial charge in [-0.2, -0.15) is 0 Å². The van der Waals surface area contributed by atoms with E-state index in [0.29, 0.717) is 11.7 Å². The fourth-order valence-corrected chi connectivity index (χ4v) is 2.11. The quantitative estimate of drug-likeness (QED) is 0.626. The standard InChI is InChI=1S/C11H22O.C5H9NO/c1-3-4-5-6-7-8-9-10-11(2)12;1-6-4-2-3-5(6)7/h3-10H2,1-2H3;2-4H2,1H3. The van der Waals surface area contributed by atoms with E-state index in [-0.39, 0.29) is 0 Å². The lowest BCUT2D eigenvalue weighted by molar-refractivity contribution is -0.126. The Bertz CT molecular complexity index is 251. The summed E-state index contributed by atoms with van der Waals surface area (Å²) in [4.78, 5) is 22.8. The number of hydrogen-bond donors (Lipinski definition) is 0. The number of rotatable bonds is 8. The first-order valence-corrected chi connectivity index (χ1v) is 7.81. The number of Topliss-reactive ketones (excluding diaryl/α,β-unsaturated/α-hetero) is 1. The van der Waals surface area contributed by atoms with Crippen LogP contribution in [0, 0.1) is 0 Å². The molecule has 1 fully saturated rings. The van der Waals surface area contributed by atoms with Gasteiger partial charge >= 0.3 is 0 Å². The van der Waals surface area contributed by atoms with Crippen molar-refractivity contribution in [2.45, 2.75) is 78.1 Å². The zero-order chi connectivity index (χ0) is 14.5. The van der Waals surface area contributed by atoms with Crippen molar-refractivity contribution >= 4 is 11.7 Å². The molecule has 0 bridgehead atoms. The Morgan fingerprint density at radius 3 is 2.05 bits per heavy atom. The second-order valence-electron chi connectivity index (χ2n) is 5.49. The highest BCUT2D eigenvalue weighted by atomic mass is 16.2. The van der Waals surface area contributed by atoms with Crippen molar-refractivity contribution < 1.29 is 9.59 Å². The first-order chi connectivity index (χ1) is 9.07. The molecule has 1 amide bonds. The summed E-state index contributed by atoms with van der Waals surface area (Å²) in [7, 11) is 1.84. The molecule has 1 rings (SSSR count). The molecule has 0 aromatic carbocycles. The average Bonchev–Trinajstić information content (AvgIpc) is 2.73. The van der Waals surface area contributed by atoms with E-state index < -0.39 is 0 Å². The van der Waals surface area contributed by atoms with Crippen LogP contribution in [0.1, 0.15) is 78.1 Å². The third kappa shape index (κ3) is 11.9. The number of unbranched alkanes of at least 4 members (excludes halogenated alkanes) is 6. The molecule has 0 saturated carbocycles. The maximum Gasteiger partial charge on any atom is 0.222 e. The monoisotopic (exact) mass is 269 g/mol. The zero-order valence-corrected chi connectivity index (χ0v) is 13.0. The van der Waals surface area contributed by atoms with Gasteiger partial charge in [0.25, 0.3) is 0 Å². The van der Waals surface area contributed by atoms with E-state index in [9.17, 15) is 9.59 Å². The minimum Gasteiger partial charge on any atom is -0.346 e. The summed E-state index contributed by atoms with van der Waals surface area (Å²) in [5, 5.41) is 0. The van der Waals surface area contributed by atoms with E-state index in [1.165, 1.54) is 38.5 Å². The average molecular weight is 269 g/mol. The molecule has 3 heteroatoms. The van der Waals surface area contributed by atoms with Crippen molar-refractivity contribution in [3.63, 3.8) is 0 Å². The van der Waals surface area contributed by atoms with Gasteiger partial charge < -0.3 is 9.69 Å². The molecule has 19 heavy (non-hydrogen) atoms. The number of likely N-dealkylation sites (tertiary alicyclic amines) is 1. The van der Waals surface area contributed by atoms with Crippen molar-refractivity contribution in [3.8, 4) is 0 Å². The number of ketones is 1. The summed E-state index contributed by atoms with van der Waals surface area (Å²) in [6.45, 7) is 4.87. The summed E-state index contributed by atoms with van der Waals surface area (Å²) in [5.41, 5.74) is 0.